The van der Waals surface area contributed by atoms with Gasteiger partial charge < -0.3 is 14.8 Å². The maximum Gasteiger partial charge on any atom is 0.338 e. The third-order valence-corrected chi connectivity index (χ3v) is 4.54. The van der Waals surface area contributed by atoms with E-state index in [1.165, 1.54) is 6.92 Å². The van der Waals surface area contributed by atoms with Crippen LogP contribution in [0.3, 0.4) is 0 Å². The van der Waals surface area contributed by atoms with Crippen LogP contribution >= 0.6 is 0 Å². The molecule has 1 heterocycles. The number of nitrogens with one attached hydrogen (secondary N) is 1. The Balaban J connectivity index is 1.54. The van der Waals surface area contributed by atoms with Crippen LogP contribution in [0.4, 0.5) is 14.5 Å². The summed E-state index contributed by atoms with van der Waals surface area (Å²) in [5.41, 5.74) is 1.04. The smallest absolute Gasteiger partial charge is 0.338 e. The van der Waals surface area contributed by atoms with Crippen molar-refractivity contribution in [3.05, 3.63) is 65.2 Å². The number of hydrogen-bond acceptors (Lipinski definition) is 5. The zero-order valence-electron chi connectivity index (χ0n) is 16.0. The van der Waals surface area contributed by atoms with Gasteiger partial charge in [-0.3, -0.25) is 9.69 Å². The van der Waals surface area contributed by atoms with Crippen molar-refractivity contribution in [2.24, 2.45) is 0 Å². The minimum absolute atomic E-state index is 0.298. The van der Waals surface area contributed by atoms with E-state index < -0.39 is 29.6 Å². The summed E-state index contributed by atoms with van der Waals surface area (Å²) in [6.07, 6.45) is -1.18. The summed E-state index contributed by atoms with van der Waals surface area (Å²) in [5.74, 6) is -2.91. The number of nitrogens with zero attached hydrogens (tertiary/aromatic N) is 1. The van der Waals surface area contributed by atoms with Crippen LogP contribution in [0.25, 0.3) is 0 Å². The molecule has 3 rings (SSSR count). The van der Waals surface area contributed by atoms with Gasteiger partial charge in [-0.05, 0) is 36.8 Å². The first kappa shape index (κ1) is 20.9. The van der Waals surface area contributed by atoms with Gasteiger partial charge in [0.05, 0.1) is 24.5 Å². The second-order valence-corrected chi connectivity index (χ2v) is 6.75. The summed E-state index contributed by atoms with van der Waals surface area (Å²) >= 11 is 0. The summed E-state index contributed by atoms with van der Waals surface area (Å²) in [4.78, 5) is 26.7. The van der Waals surface area contributed by atoms with E-state index in [9.17, 15) is 18.4 Å². The lowest BCUT2D eigenvalue weighted by Crippen LogP contribution is -2.35. The van der Waals surface area contributed by atoms with Crippen LogP contribution in [-0.4, -0.2) is 49.2 Å². The number of esters is 1. The molecular formula is C21H22F2N2O4. The first-order valence-electron chi connectivity index (χ1n) is 9.28. The second kappa shape index (κ2) is 9.58. The van der Waals surface area contributed by atoms with E-state index in [-0.39, 0.29) is 5.69 Å². The molecule has 0 saturated carbocycles. The van der Waals surface area contributed by atoms with Gasteiger partial charge in [0.25, 0.3) is 5.91 Å². The van der Waals surface area contributed by atoms with Crippen LogP contribution in [0.2, 0.25) is 0 Å². The van der Waals surface area contributed by atoms with E-state index in [4.69, 9.17) is 9.47 Å². The summed E-state index contributed by atoms with van der Waals surface area (Å²) in [6, 6.07) is 9.63. The van der Waals surface area contributed by atoms with Gasteiger partial charge in [0.2, 0.25) is 0 Å². The van der Waals surface area contributed by atoms with Crippen LogP contribution < -0.4 is 5.32 Å². The highest BCUT2D eigenvalue weighted by Gasteiger charge is 2.20. The van der Waals surface area contributed by atoms with E-state index in [0.717, 1.165) is 43.4 Å². The monoisotopic (exact) mass is 404 g/mol. The zero-order valence-corrected chi connectivity index (χ0v) is 16.0. The Bertz CT molecular complexity index is 867. The molecular weight excluding hydrogens is 382 g/mol. The quantitative estimate of drug-likeness (QED) is 0.750. The molecule has 0 radical (unpaired) electrons. The molecule has 1 aliphatic rings. The first-order valence-corrected chi connectivity index (χ1v) is 9.28. The normalized spacial score (nSPS) is 15.6. The van der Waals surface area contributed by atoms with Crippen molar-refractivity contribution < 1.29 is 27.8 Å². The predicted octanol–water partition coefficient (Wildman–Crippen LogP) is 2.98. The fourth-order valence-corrected chi connectivity index (χ4v) is 2.87. The average Bonchev–Trinajstić information content (AvgIpc) is 2.72. The molecule has 1 N–H and O–H groups in total. The van der Waals surface area contributed by atoms with Gasteiger partial charge in [0, 0.05) is 25.7 Å². The number of carbonyl (C=O) groups excluding carboxylic acids is 2. The Morgan fingerprint density at radius 1 is 1.14 bits per heavy atom. The van der Waals surface area contributed by atoms with Gasteiger partial charge in [0.15, 0.2) is 6.10 Å². The lowest BCUT2D eigenvalue weighted by atomic mass is 10.1. The number of carbonyl (C=O) groups is 2. The van der Waals surface area contributed by atoms with Gasteiger partial charge in [0.1, 0.15) is 11.6 Å². The number of halogens is 2. The largest absolute Gasteiger partial charge is 0.449 e. The summed E-state index contributed by atoms with van der Waals surface area (Å²) < 4.78 is 37.3. The molecule has 0 unspecified atom stereocenters. The number of hydrogen-bond donors (Lipinski definition) is 1. The Labute approximate surface area is 167 Å². The van der Waals surface area contributed by atoms with Gasteiger partial charge in [-0.15, -0.1) is 0 Å². The van der Waals surface area contributed by atoms with Crippen molar-refractivity contribution in [2.45, 2.75) is 19.6 Å². The molecule has 0 spiro atoms. The number of rotatable bonds is 6. The molecule has 6 nitrogen and oxygen atoms in total. The highest BCUT2D eigenvalue weighted by atomic mass is 19.1. The lowest BCUT2D eigenvalue weighted by Gasteiger charge is -2.26. The molecule has 29 heavy (non-hydrogen) atoms. The zero-order chi connectivity index (χ0) is 20.8. The predicted molar refractivity (Wildman–Crippen MR) is 102 cm³/mol. The molecule has 0 aromatic heterocycles. The van der Waals surface area contributed by atoms with E-state index in [2.05, 4.69) is 10.2 Å². The van der Waals surface area contributed by atoms with Gasteiger partial charge in [-0.1, -0.05) is 12.1 Å². The fraction of sp³-hybridized carbons (Fsp3) is 0.333. The van der Waals surface area contributed by atoms with E-state index >= 15 is 0 Å². The maximum absolute atomic E-state index is 13.6. The molecule has 2 aromatic rings. The van der Waals surface area contributed by atoms with Crippen molar-refractivity contribution in [3.8, 4) is 0 Å². The Morgan fingerprint density at radius 3 is 2.52 bits per heavy atom. The summed E-state index contributed by atoms with van der Waals surface area (Å²) in [5, 5.41) is 2.22. The van der Waals surface area contributed by atoms with Crippen molar-refractivity contribution in [1.82, 2.24) is 4.90 Å². The molecule has 1 aliphatic heterocycles. The van der Waals surface area contributed by atoms with Crippen LogP contribution in [0.1, 0.15) is 22.8 Å². The number of morpholine rings is 1. The molecule has 8 heteroatoms. The first-order chi connectivity index (χ1) is 13.9. The van der Waals surface area contributed by atoms with Crippen molar-refractivity contribution in [2.75, 3.05) is 31.6 Å². The van der Waals surface area contributed by atoms with Gasteiger partial charge in [-0.25, -0.2) is 13.6 Å². The third-order valence-electron chi connectivity index (χ3n) is 4.54. The molecule has 0 aliphatic carbocycles. The molecule has 1 atom stereocenters. The van der Waals surface area contributed by atoms with Crippen molar-refractivity contribution in [1.29, 1.82) is 0 Å². The molecule has 0 bridgehead atoms. The standard InChI is InChI=1S/C21H22F2N2O4/c1-14(20(26)24-19-12-17(22)6-7-18(19)23)29-21(27)16-4-2-15(3-5-16)13-25-8-10-28-11-9-25/h2-7,12,14H,8-11,13H2,1H3,(H,24,26)/t14-/m0/s1. The topological polar surface area (TPSA) is 67.9 Å². The highest BCUT2D eigenvalue weighted by Crippen LogP contribution is 2.16. The second-order valence-electron chi connectivity index (χ2n) is 6.75. The maximum atomic E-state index is 13.6. The van der Waals surface area contributed by atoms with Crippen LogP contribution in [0, 0.1) is 11.6 Å². The molecule has 1 saturated heterocycles. The van der Waals surface area contributed by atoms with E-state index in [1.54, 1.807) is 12.1 Å². The Hall–Kier alpha value is -2.84. The average molecular weight is 404 g/mol. The SMILES string of the molecule is C[C@H](OC(=O)c1ccc(CN2CCOCC2)cc1)C(=O)Nc1cc(F)ccc1F. The summed E-state index contributed by atoms with van der Waals surface area (Å²) in [6.45, 7) is 5.27. The van der Waals surface area contributed by atoms with Gasteiger partial charge >= 0.3 is 5.97 Å². The highest BCUT2D eigenvalue weighted by molar-refractivity contribution is 5.97. The minimum Gasteiger partial charge on any atom is -0.449 e. The number of anilines is 1. The van der Waals surface area contributed by atoms with E-state index in [0.29, 0.717) is 18.8 Å². The lowest BCUT2D eigenvalue weighted by molar-refractivity contribution is -0.123. The number of amides is 1. The van der Waals surface area contributed by atoms with Crippen LogP contribution in [0.5, 0.6) is 0 Å². The molecule has 1 fully saturated rings. The fourth-order valence-electron chi connectivity index (χ4n) is 2.87. The van der Waals surface area contributed by atoms with Crippen LogP contribution in [-0.2, 0) is 20.8 Å². The Kier molecular flexibility index (Phi) is 6.90. The summed E-state index contributed by atoms with van der Waals surface area (Å²) in [7, 11) is 0. The van der Waals surface area contributed by atoms with Crippen molar-refractivity contribution in [3.63, 3.8) is 0 Å². The van der Waals surface area contributed by atoms with Crippen LogP contribution in [0.15, 0.2) is 42.5 Å². The number of benzene rings is 2. The molecule has 154 valence electrons. The third kappa shape index (κ3) is 5.82. The minimum atomic E-state index is -1.18. The van der Waals surface area contributed by atoms with E-state index in [1.807, 2.05) is 12.1 Å². The van der Waals surface area contributed by atoms with Gasteiger partial charge in [-0.2, -0.15) is 0 Å². The van der Waals surface area contributed by atoms with Crippen molar-refractivity contribution >= 4 is 17.6 Å². The molecule has 1 amide bonds. The molecule has 2 aromatic carbocycles. The number of ether oxygens (including phenoxy) is 2. The Morgan fingerprint density at radius 2 is 1.83 bits per heavy atom.